The van der Waals surface area contributed by atoms with Crippen LogP contribution < -0.4 is 5.73 Å². The number of nitrogens with zero attached hydrogens (tertiary/aromatic N) is 2. The molecule has 2 aromatic rings. The van der Waals surface area contributed by atoms with Crippen LogP contribution in [0.5, 0.6) is 0 Å². The normalized spacial score (nSPS) is 12.0. The molecule has 0 aliphatic carbocycles. The number of likely N-dealkylation sites (N-methyl/N-ethyl adjacent to an activating group) is 1. The molecule has 1 aromatic carbocycles. The molecule has 0 aliphatic rings. The fourth-order valence-corrected chi connectivity index (χ4v) is 2.34. The van der Waals surface area contributed by atoms with Gasteiger partial charge >= 0.3 is 0 Å². The molecule has 0 saturated heterocycles. The maximum atomic E-state index is 12.6. The smallest absolute Gasteiger partial charge is 0.231 e. The van der Waals surface area contributed by atoms with Crippen LogP contribution >= 0.6 is 0 Å². The van der Waals surface area contributed by atoms with Gasteiger partial charge in [0.25, 0.3) is 0 Å². The number of aryl methyl sites for hydroxylation is 1. The number of amides is 1. The van der Waals surface area contributed by atoms with Gasteiger partial charge in [-0.3, -0.25) is 9.78 Å². The molecular weight excluding hydrogens is 262 g/mol. The average molecular weight is 283 g/mol. The quantitative estimate of drug-likeness (QED) is 0.914. The van der Waals surface area contributed by atoms with Gasteiger partial charge in [0.05, 0.1) is 18.2 Å². The minimum atomic E-state index is -0.305. The Hall–Kier alpha value is -2.20. The number of pyridine rings is 1. The Morgan fingerprint density at radius 3 is 2.52 bits per heavy atom. The predicted molar refractivity (Wildman–Crippen MR) is 83.7 cm³/mol. The Labute approximate surface area is 125 Å². The number of hydrogen-bond acceptors (Lipinski definition) is 3. The van der Waals surface area contributed by atoms with E-state index in [-0.39, 0.29) is 11.8 Å². The van der Waals surface area contributed by atoms with Gasteiger partial charge in [-0.15, -0.1) is 0 Å². The number of carbonyl (C=O) groups excluding carboxylic acids is 1. The molecule has 0 fully saturated rings. The molecule has 1 aromatic heterocycles. The van der Waals surface area contributed by atoms with Gasteiger partial charge in [-0.05, 0) is 24.6 Å². The average Bonchev–Trinajstić information content (AvgIpc) is 2.49. The minimum Gasteiger partial charge on any atom is -0.339 e. The van der Waals surface area contributed by atoms with Gasteiger partial charge in [0.15, 0.2) is 0 Å². The third-order valence-corrected chi connectivity index (χ3v) is 3.46. The van der Waals surface area contributed by atoms with Crippen LogP contribution in [0.25, 0.3) is 0 Å². The van der Waals surface area contributed by atoms with Crippen molar-refractivity contribution in [2.24, 2.45) is 5.73 Å². The van der Waals surface area contributed by atoms with Crippen LogP contribution in [0.4, 0.5) is 0 Å². The summed E-state index contributed by atoms with van der Waals surface area (Å²) < 4.78 is 0. The summed E-state index contributed by atoms with van der Waals surface area (Å²) in [4.78, 5) is 18.7. The van der Waals surface area contributed by atoms with Crippen LogP contribution in [0.1, 0.15) is 22.9 Å². The zero-order chi connectivity index (χ0) is 15.2. The largest absolute Gasteiger partial charge is 0.339 e. The van der Waals surface area contributed by atoms with Gasteiger partial charge in [0, 0.05) is 19.3 Å². The maximum Gasteiger partial charge on any atom is 0.231 e. The number of benzene rings is 1. The van der Waals surface area contributed by atoms with Gasteiger partial charge in [-0.25, -0.2) is 0 Å². The van der Waals surface area contributed by atoms with Gasteiger partial charge < -0.3 is 10.6 Å². The predicted octanol–water partition coefficient (Wildman–Crippen LogP) is 2.09. The molecular formula is C17H21N3O. The number of aromatic nitrogens is 1. The first kappa shape index (κ1) is 15.2. The highest BCUT2D eigenvalue weighted by Crippen LogP contribution is 2.17. The molecule has 0 radical (unpaired) electrons. The van der Waals surface area contributed by atoms with E-state index in [4.69, 9.17) is 5.73 Å². The number of nitrogens with two attached hydrogens (primary N) is 1. The molecule has 2 N–H and O–H groups in total. The van der Waals surface area contributed by atoms with Crippen molar-refractivity contribution in [2.45, 2.75) is 19.4 Å². The molecule has 21 heavy (non-hydrogen) atoms. The molecule has 1 unspecified atom stereocenters. The van der Waals surface area contributed by atoms with Crippen molar-refractivity contribution < 1.29 is 4.79 Å². The lowest BCUT2D eigenvalue weighted by molar-refractivity contribution is -0.131. The lowest BCUT2D eigenvalue weighted by Crippen LogP contribution is -2.35. The molecule has 1 heterocycles. The molecule has 0 saturated carbocycles. The maximum absolute atomic E-state index is 12.6. The Balaban J connectivity index is 2.10. The first-order chi connectivity index (χ1) is 10.1. The second-order valence-electron chi connectivity index (χ2n) is 5.16. The van der Waals surface area contributed by atoms with E-state index in [0.29, 0.717) is 13.1 Å². The summed E-state index contributed by atoms with van der Waals surface area (Å²) >= 11 is 0. The van der Waals surface area contributed by atoms with Crippen molar-refractivity contribution in [1.82, 2.24) is 9.88 Å². The van der Waals surface area contributed by atoms with E-state index in [9.17, 15) is 4.79 Å². The van der Waals surface area contributed by atoms with Crippen LogP contribution in [-0.4, -0.2) is 29.4 Å². The summed E-state index contributed by atoms with van der Waals surface area (Å²) in [7, 11) is 1.79. The number of carbonyl (C=O) groups is 1. The van der Waals surface area contributed by atoms with Crippen molar-refractivity contribution in [3.63, 3.8) is 0 Å². The van der Waals surface area contributed by atoms with E-state index in [1.807, 2.05) is 55.5 Å². The molecule has 0 aliphatic heterocycles. The van der Waals surface area contributed by atoms with Crippen molar-refractivity contribution in [2.75, 3.05) is 13.6 Å². The highest BCUT2D eigenvalue weighted by molar-refractivity contribution is 5.83. The van der Waals surface area contributed by atoms with Gasteiger partial charge in [0.2, 0.25) is 5.91 Å². The molecule has 0 spiro atoms. The lowest BCUT2D eigenvalue weighted by Gasteiger charge is -2.23. The molecule has 4 nitrogen and oxygen atoms in total. The Kier molecular flexibility index (Phi) is 5.06. The van der Waals surface area contributed by atoms with Gasteiger partial charge in [-0.1, -0.05) is 36.4 Å². The fraction of sp³-hybridized carbons (Fsp3) is 0.294. The summed E-state index contributed by atoms with van der Waals surface area (Å²) in [6.45, 7) is 2.73. The van der Waals surface area contributed by atoms with E-state index in [1.165, 1.54) is 0 Å². The molecule has 1 amide bonds. The number of rotatable bonds is 5. The Morgan fingerprint density at radius 1 is 1.19 bits per heavy atom. The summed E-state index contributed by atoms with van der Waals surface area (Å²) in [6.07, 6.45) is 0. The summed E-state index contributed by atoms with van der Waals surface area (Å²) in [6, 6.07) is 15.5. The third-order valence-electron chi connectivity index (χ3n) is 3.46. The van der Waals surface area contributed by atoms with Crippen molar-refractivity contribution in [3.8, 4) is 0 Å². The highest BCUT2D eigenvalue weighted by Gasteiger charge is 2.22. The number of hydrogen-bond donors (Lipinski definition) is 1. The Morgan fingerprint density at radius 2 is 1.90 bits per heavy atom. The standard InChI is InChI=1S/C17H21N3O/c1-13-7-6-10-15(19-13)12-20(2)17(21)16(11-18)14-8-4-3-5-9-14/h3-10,16H,11-12,18H2,1-2H3. The van der Waals surface area contributed by atoms with Crippen LogP contribution in [0.2, 0.25) is 0 Å². The SMILES string of the molecule is Cc1cccc(CN(C)C(=O)C(CN)c2ccccc2)n1. The Bertz CT molecular complexity index is 598. The molecule has 0 bridgehead atoms. The molecule has 1 atom stereocenters. The summed E-state index contributed by atoms with van der Waals surface area (Å²) in [5, 5.41) is 0. The topological polar surface area (TPSA) is 59.2 Å². The molecule has 110 valence electrons. The first-order valence-corrected chi connectivity index (χ1v) is 7.04. The van der Waals surface area contributed by atoms with Crippen LogP contribution in [-0.2, 0) is 11.3 Å². The van der Waals surface area contributed by atoms with Crippen molar-refractivity contribution >= 4 is 5.91 Å². The highest BCUT2D eigenvalue weighted by atomic mass is 16.2. The van der Waals surface area contributed by atoms with E-state index < -0.39 is 0 Å². The van der Waals surface area contributed by atoms with Gasteiger partial charge in [-0.2, -0.15) is 0 Å². The second-order valence-corrected chi connectivity index (χ2v) is 5.16. The van der Waals surface area contributed by atoms with Crippen molar-refractivity contribution in [3.05, 3.63) is 65.5 Å². The zero-order valence-corrected chi connectivity index (χ0v) is 12.5. The van der Waals surface area contributed by atoms with Crippen LogP contribution in [0.3, 0.4) is 0 Å². The van der Waals surface area contributed by atoms with Crippen LogP contribution in [0.15, 0.2) is 48.5 Å². The molecule has 4 heteroatoms. The summed E-state index contributed by atoms with van der Waals surface area (Å²) in [5.41, 5.74) is 8.59. The van der Waals surface area contributed by atoms with Crippen LogP contribution in [0, 0.1) is 6.92 Å². The zero-order valence-electron chi connectivity index (χ0n) is 12.5. The first-order valence-electron chi connectivity index (χ1n) is 7.04. The van der Waals surface area contributed by atoms with Crippen molar-refractivity contribution in [1.29, 1.82) is 0 Å². The second kappa shape index (κ2) is 6.99. The molecule has 2 rings (SSSR count). The van der Waals surface area contributed by atoms with Gasteiger partial charge in [0.1, 0.15) is 0 Å². The fourth-order valence-electron chi connectivity index (χ4n) is 2.34. The van der Waals surface area contributed by atoms with E-state index in [0.717, 1.165) is 17.0 Å². The third kappa shape index (κ3) is 3.89. The monoisotopic (exact) mass is 283 g/mol. The van der Waals surface area contributed by atoms with E-state index >= 15 is 0 Å². The minimum absolute atomic E-state index is 0.0204. The van der Waals surface area contributed by atoms with E-state index in [2.05, 4.69) is 4.98 Å². The lowest BCUT2D eigenvalue weighted by atomic mass is 9.98. The van der Waals surface area contributed by atoms with E-state index in [1.54, 1.807) is 11.9 Å². The summed E-state index contributed by atoms with van der Waals surface area (Å²) in [5.74, 6) is -0.284.